The molecular formula is C16H14F4N2OS. The molecule has 1 aromatic carbocycles. The topological polar surface area (TPSA) is 42.0 Å². The number of amides is 1. The summed E-state index contributed by atoms with van der Waals surface area (Å²) in [5.74, 6) is -0.692. The van der Waals surface area contributed by atoms with Gasteiger partial charge in [0.25, 0.3) is 5.91 Å². The summed E-state index contributed by atoms with van der Waals surface area (Å²) in [5.41, 5.74) is -1.06. The molecule has 0 aliphatic carbocycles. The molecule has 1 heterocycles. The molecule has 1 amide bonds. The quantitative estimate of drug-likeness (QED) is 0.641. The van der Waals surface area contributed by atoms with Gasteiger partial charge in [0.15, 0.2) is 0 Å². The van der Waals surface area contributed by atoms with Crippen molar-refractivity contribution in [2.24, 2.45) is 0 Å². The molecule has 0 saturated heterocycles. The standard InChI is InChI=1S/C16H14F4N2OS/c1-2-24-14-6-4-11(9-21-14)15(23)22-8-10-3-5-12(17)7-13(10)16(18,19)20/h3-7,9H,2,8H2,1H3,(H,22,23). The molecule has 0 aliphatic heterocycles. The summed E-state index contributed by atoms with van der Waals surface area (Å²) in [4.78, 5) is 16.1. The Bertz CT molecular complexity index is 717. The van der Waals surface area contributed by atoms with Gasteiger partial charge in [0.2, 0.25) is 0 Å². The number of nitrogens with one attached hydrogen (secondary N) is 1. The number of nitrogens with zero attached hydrogens (tertiary/aromatic N) is 1. The third-order valence-corrected chi connectivity index (χ3v) is 3.93. The van der Waals surface area contributed by atoms with E-state index in [9.17, 15) is 22.4 Å². The van der Waals surface area contributed by atoms with Crippen molar-refractivity contribution in [2.75, 3.05) is 5.75 Å². The van der Waals surface area contributed by atoms with Gasteiger partial charge in [0.05, 0.1) is 16.2 Å². The number of thioether (sulfide) groups is 1. The van der Waals surface area contributed by atoms with E-state index < -0.39 is 23.5 Å². The van der Waals surface area contributed by atoms with Crippen molar-refractivity contribution in [3.63, 3.8) is 0 Å². The average molecular weight is 358 g/mol. The lowest BCUT2D eigenvalue weighted by Gasteiger charge is -2.13. The van der Waals surface area contributed by atoms with Crippen LogP contribution in [0.15, 0.2) is 41.6 Å². The molecule has 2 aromatic rings. The van der Waals surface area contributed by atoms with E-state index in [0.717, 1.165) is 22.9 Å². The zero-order chi connectivity index (χ0) is 17.7. The first kappa shape index (κ1) is 18.3. The number of pyridine rings is 1. The second-order valence-electron chi connectivity index (χ2n) is 4.80. The highest BCUT2D eigenvalue weighted by Gasteiger charge is 2.33. The van der Waals surface area contributed by atoms with Gasteiger partial charge in [-0.25, -0.2) is 9.37 Å². The monoisotopic (exact) mass is 358 g/mol. The Balaban J connectivity index is 2.09. The fraction of sp³-hybridized carbons (Fsp3) is 0.250. The molecule has 3 nitrogen and oxygen atoms in total. The molecule has 128 valence electrons. The number of carbonyl (C=O) groups excluding carboxylic acids is 1. The lowest BCUT2D eigenvalue weighted by molar-refractivity contribution is -0.138. The van der Waals surface area contributed by atoms with Gasteiger partial charge < -0.3 is 5.32 Å². The Kier molecular flexibility index (Phi) is 5.82. The van der Waals surface area contributed by atoms with E-state index in [2.05, 4.69) is 10.3 Å². The Morgan fingerprint density at radius 2 is 2.00 bits per heavy atom. The molecule has 0 saturated carbocycles. The maximum atomic E-state index is 13.0. The van der Waals surface area contributed by atoms with Crippen LogP contribution < -0.4 is 5.32 Å². The van der Waals surface area contributed by atoms with Crippen LogP contribution in [0.25, 0.3) is 0 Å². The summed E-state index contributed by atoms with van der Waals surface area (Å²) in [6, 6.07) is 5.57. The van der Waals surface area contributed by atoms with Crippen LogP contribution in [0.4, 0.5) is 17.6 Å². The molecule has 24 heavy (non-hydrogen) atoms. The summed E-state index contributed by atoms with van der Waals surface area (Å²) >= 11 is 1.51. The van der Waals surface area contributed by atoms with Crippen molar-refractivity contribution in [2.45, 2.75) is 24.7 Å². The summed E-state index contributed by atoms with van der Waals surface area (Å²) in [6.45, 7) is 1.60. The Morgan fingerprint density at radius 1 is 1.25 bits per heavy atom. The maximum Gasteiger partial charge on any atom is 0.416 e. The lowest BCUT2D eigenvalue weighted by atomic mass is 10.1. The first-order valence-corrected chi connectivity index (χ1v) is 8.02. The number of halogens is 4. The first-order chi connectivity index (χ1) is 11.3. The second-order valence-corrected chi connectivity index (χ2v) is 6.08. The van der Waals surface area contributed by atoms with Crippen molar-refractivity contribution in [1.82, 2.24) is 10.3 Å². The third kappa shape index (κ3) is 4.70. The Morgan fingerprint density at radius 3 is 2.58 bits per heavy atom. The average Bonchev–Trinajstić information content (AvgIpc) is 2.53. The van der Waals surface area contributed by atoms with Gasteiger partial charge in [-0.15, -0.1) is 11.8 Å². The maximum absolute atomic E-state index is 13.0. The molecule has 1 aromatic heterocycles. The van der Waals surface area contributed by atoms with Gasteiger partial charge in [0, 0.05) is 12.7 Å². The molecule has 0 fully saturated rings. The van der Waals surface area contributed by atoms with Crippen molar-refractivity contribution in [3.8, 4) is 0 Å². The van der Waals surface area contributed by atoms with E-state index in [1.165, 1.54) is 18.0 Å². The van der Waals surface area contributed by atoms with Crippen LogP contribution in [0.1, 0.15) is 28.4 Å². The molecule has 8 heteroatoms. The zero-order valence-corrected chi connectivity index (χ0v) is 13.5. The molecule has 0 bridgehead atoms. The largest absolute Gasteiger partial charge is 0.416 e. The normalized spacial score (nSPS) is 11.4. The van der Waals surface area contributed by atoms with E-state index in [1.807, 2.05) is 6.92 Å². The summed E-state index contributed by atoms with van der Waals surface area (Å²) in [5, 5.41) is 3.15. The van der Waals surface area contributed by atoms with E-state index >= 15 is 0 Å². The molecule has 0 atom stereocenters. The number of carbonyl (C=O) groups is 1. The van der Waals surface area contributed by atoms with Crippen molar-refractivity contribution >= 4 is 17.7 Å². The van der Waals surface area contributed by atoms with E-state index in [0.29, 0.717) is 6.07 Å². The smallest absolute Gasteiger partial charge is 0.348 e. The first-order valence-electron chi connectivity index (χ1n) is 7.04. The number of benzene rings is 1. The van der Waals surface area contributed by atoms with Gasteiger partial charge in [-0.2, -0.15) is 13.2 Å². The third-order valence-electron chi connectivity index (χ3n) is 3.11. The van der Waals surface area contributed by atoms with Crippen LogP contribution in [-0.2, 0) is 12.7 Å². The molecule has 0 aliphatic rings. The lowest BCUT2D eigenvalue weighted by Crippen LogP contribution is -2.24. The van der Waals surface area contributed by atoms with Crippen molar-refractivity contribution in [3.05, 3.63) is 59.0 Å². The van der Waals surface area contributed by atoms with E-state index in [1.54, 1.807) is 12.1 Å². The second kappa shape index (κ2) is 7.65. The van der Waals surface area contributed by atoms with Crippen LogP contribution in [0, 0.1) is 5.82 Å². The fourth-order valence-corrected chi connectivity index (χ4v) is 2.58. The minimum Gasteiger partial charge on any atom is -0.348 e. The molecule has 0 radical (unpaired) electrons. The van der Waals surface area contributed by atoms with Crippen LogP contribution in [0.5, 0.6) is 0 Å². The van der Waals surface area contributed by atoms with Gasteiger partial charge in [-0.05, 0) is 35.6 Å². The van der Waals surface area contributed by atoms with Crippen LogP contribution >= 0.6 is 11.8 Å². The molecular weight excluding hydrogens is 344 g/mol. The number of aromatic nitrogens is 1. The fourth-order valence-electron chi connectivity index (χ4n) is 1.99. The number of hydrogen-bond donors (Lipinski definition) is 1. The van der Waals surface area contributed by atoms with Crippen molar-refractivity contribution < 1.29 is 22.4 Å². The molecule has 1 N–H and O–H groups in total. The predicted molar refractivity (Wildman–Crippen MR) is 83.2 cm³/mol. The number of hydrogen-bond acceptors (Lipinski definition) is 3. The number of rotatable bonds is 5. The number of alkyl halides is 3. The minimum absolute atomic E-state index is 0.205. The van der Waals surface area contributed by atoms with Crippen molar-refractivity contribution in [1.29, 1.82) is 0 Å². The van der Waals surface area contributed by atoms with Gasteiger partial charge >= 0.3 is 6.18 Å². The highest BCUT2D eigenvalue weighted by molar-refractivity contribution is 7.99. The van der Waals surface area contributed by atoms with Gasteiger partial charge in [-0.3, -0.25) is 4.79 Å². The highest BCUT2D eigenvalue weighted by atomic mass is 32.2. The summed E-state index contributed by atoms with van der Waals surface area (Å²) < 4.78 is 51.7. The van der Waals surface area contributed by atoms with Crippen LogP contribution in [0.3, 0.4) is 0 Å². The molecule has 2 rings (SSSR count). The summed E-state index contributed by atoms with van der Waals surface area (Å²) in [7, 11) is 0. The van der Waals surface area contributed by atoms with E-state index in [4.69, 9.17) is 0 Å². The van der Waals surface area contributed by atoms with Crippen LogP contribution in [-0.4, -0.2) is 16.6 Å². The van der Waals surface area contributed by atoms with Gasteiger partial charge in [0.1, 0.15) is 5.82 Å². The summed E-state index contributed by atoms with van der Waals surface area (Å²) in [6.07, 6.45) is -3.33. The zero-order valence-electron chi connectivity index (χ0n) is 12.7. The minimum atomic E-state index is -4.69. The SMILES string of the molecule is CCSc1ccc(C(=O)NCc2ccc(F)cc2C(F)(F)F)cn1. The van der Waals surface area contributed by atoms with E-state index in [-0.39, 0.29) is 17.7 Å². The highest BCUT2D eigenvalue weighted by Crippen LogP contribution is 2.32. The Labute approximate surface area is 140 Å². The predicted octanol–water partition coefficient (Wildman–Crippen LogP) is 4.28. The Hall–Kier alpha value is -2.09. The molecule has 0 unspecified atom stereocenters. The molecule has 0 spiro atoms. The van der Waals surface area contributed by atoms with Crippen LogP contribution in [0.2, 0.25) is 0 Å². The van der Waals surface area contributed by atoms with Gasteiger partial charge in [-0.1, -0.05) is 13.0 Å².